The SMILES string of the molecule is Cc1cc(OCc2ccccc2)ccc1C(=O)Oc1ccccc1. The molecular weight excluding hydrogens is 300 g/mol. The largest absolute Gasteiger partial charge is 0.489 e. The molecule has 24 heavy (non-hydrogen) atoms. The average molecular weight is 318 g/mol. The van der Waals surface area contributed by atoms with E-state index in [4.69, 9.17) is 9.47 Å². The molecule has 0 saturated carbocycles. The summed E-state index contributed by atoms with van der Waals surface area (Å²) in [6.07, 6.45) is 0. The van der Waals surface area contributed by atoms with Gasteiger partial charge in [-0.15, -0.1) is 0 Å². The highest BCUT2D eigenvalue weighted by Crippen LogP contribution is 2.20. The third-order valence-corrected chi connectivity index (χ3v) is 3.62. The highest BCUT2D eigenvalue weighted by atomic mass is 16.5. The fraction of sp³-hybridized carbons (Fsp3) is 0.0952. The first-order valence-electron chi connectivity index (χ1n) is 7.77. The maximum absolute atomic E-state index is 12.3. The summed E-state index contributed by atoms with van der Waals surface area (Å²) in [5.41, 5.74) is 2.45. The van der Waals surface area contributed by atoms with E-state index in [1.165, 1.54) is 0 Å². The van der Waals surface area contributed by atoms with E-state index in [2.05, 4.69) is 0 Å². The van der Waals surface area contributed by atoms with Crippen LogP contribution in [-0.2, 0) is 6.61 Å². The van der Waals surface area contributed by atoms with Gasteiger partial charge in [0.1, 0.15) is 18.1 Å². The minimum absolute atomic E-state index is 0.367. The molecule has 0 atom stereocenters. The maximum Gasteiger partial charge on any atom is 0.343 e. The molecule has 0 aliphatic carbocycles. The Hall–Kier alpha value is -3.07. The second kappa shape index (κ2) is 7.47. The summed E-state index contributed by atoms with van der Waals surface area (Å²) in [5.74, 6) is 0.896. The summed E-state index contributed by atoms with van der Waals surface area (Å²) in [6.45, 7) is 2.37. The van der Waals surface area contributed by atoms with Crippen LogP contribution in [0.5, 0.6) is 11.5 Å². The monoisotopic (exact) mass is 318 g/mol. The lowest BCUT2D eigenvalue weighted by Gasteiger charge is -2.10. The lowest BCUT2D eigenvalue weighted by Crippen LogP contribution is -2.10. The first-order valence-corrected chi connectivity index (χ1v) is 7.77. The van der Waals surface area contributed by atoms with Gasteiger partial charge in [0.05, 0.1) is 5.56 Å². The quantitative estimate of drug-likeness (QED) is 0.501. The number of esters is 1. The Labute approximate surface area is 141 Å². The maximum atomic E-state index is 12.3. The van der Waals surface area contributed by atoms with Gasteiger partial charge in [-0.3, -0.25) is 0 Å². The normalized spacial score (nSPS) is 10.2. The molecule has 0 unspecified atom stereocenters. The first-order chi connectivity index (χ1) is 11.7. The van der Waals surface area contributed by atoms with Gasteiger partial charge in [0.2, 0.25) is 0 Å². The molecule has 3 heteroatoms. The fourth-order valence-corrected chi connectivity index (χ4v) is 2.35. The molecule has 3 aromatic carbocycles. The van der Waals surface area contributed by atoms with Crippen molar-refractivity contribution < 1.29 is 14.3 Å². The zero-order chi connectivity index (χ0) is 16.8. The van der Waals surface area contributed by atoms with Crippen molar-refractivity contribution in [2.75, 3.05) is 0 Å². The van der Waals surface area contributed by atoms with Crippen LogP contribution < -0.4 is 9.47 Å². The minimum Gasteiger partial charge on any atom is -0.489 e. The molecule has 0 bridgehead atoms. The second-order valence-electron chi connectivity index (χ2n) is 5.45. The molecule has 0 saturated heterocycles. The van der Waals surface area contributed by atoms with Crippen LogP contribution in [-0.4, -0.2) is 5.97 Å². The molecule has 120 valence electrons. The summed E-state index contributed by atoms with van der Waals surface area (Å²) < 4.78 is 11.1. The van der Waals surface area contributed by atoms with Crippen molar-refractivity contribution >= 4 is 5.97 Å². The molecule has 0 aromatic heterocycles. The Bertz CT molecular complexity index is 811. The number of para-hydroxylation sites is 1. The Balaban J connectivity index is 1.67. The van der Waals surface area contributed by atoms with Crippen LogP contribution in [0.3, 0.4) is 0 Å². The van der Waals surface area contributed by atoms with Crippen molar-refractivity contribution in [3.63, 3.8) is 0 Å². The van der Waals surface area contributed by atoms with Gasteiger partial charge in [-0.1, -0.05) is 48.5 Å². The van der Waals surface area contributed by atoms with E-state index in [-0.39, 0.29) is 5.97 Å². The molecular formula is C21H18O3. The van der Waals surface area contributed by atoms with E-state index in [1.54, 1.807) is 24.3 Å². The van der Waals surface area contributed by atoms with Gasteiger partial charge in [0.15, 0.2) is 0 Å². The van der Waals surface area contributed by atoms with Crippen molar-refractivity contribution in [1.82, 2.24) is 0 Å². The third-order valence-electron chi connectivity index (χ3n) is 3.62. The number of benzene rings is 3. The number of aryl methyl sites for hydroxylation is 1. The van der Waals surface area contributed by atoms with Gasteiger partial charge in [-0.05, 0) is 48.4 Å². The number of ether oxygens (including phenoxy) is 2. The standard InChI is InChI=1S/C21H18O3/c1-16-14-19(23-15-17-8-4-2-5-9-17)12-13-20(16)21(22)24-18-10-6-3-7-11-18/h2-14H,15H2,1H3. The van der Waals surface area contributed by atoms with Crippen molar-refractivity contribution in [1.29, 1.82) is 0 Å². The fourth-order valence-electron chi connectivity index (χ4n) is 2.35. The molecule has 0 heterocycles. The van der Waals surface area contributed by atoms with Crippen LogP contribution in [0.15, 0.2) is 78.9 Å². The van der Waals surface area contributed by atoms with Crippen molar-refractivity contribution in [3.05, 3.63) is 95.6 Å². The smallest absolute Gasteiger partial charge is 0.343 e. The zero-order valence-corrected chi connectivity index (χ0v) is 13.4. The summed E-state index contributed by atoms with van der Waals surface area (Å²) >= 11 is 0. The first kappa shape index (κ1) is 15.8. The number of carbonyl (C=O) groups is 1. The van der Waals surface area contributed by atoms with Crippen LogP contribution in [0.2, 0.25) is 0 Å². The van der Waals surface area contributed by atoms with E-state index < -0.39 is 0 Å². The van der Waals surface area contributed by atoms with Gasteiger partial charge in [0.25, 0.3) is 0 Å². The molecule has 0 aliphatic rings. The second-order valence-corrected chi connectivity index (χ2v) is 5.45. The van der Waals surface area contributed by atoms with Crippen molar-refractivity contribution in [3.8, 4) is 11.5 Å². The summed E-state index contributed by atoms with van der Waals surface area (Å²) in [4.78, 5) is 12.3. The van der Waals surface area contributed by atoms with Crippen molar-refractivity contribution in [2.24, 2.45) is 0 Å². The van der Waals surface area contributed by atoms with E-state index in [9.17, 15) is 4.79 Å². The average Bonchev–Trinajstić information content (AvgIpc) is 2.61. The van der Waals surface area contributed by atoms with E-state index in [0.717, 1.165) is 16.9 Å². The zero-order valence-electron chi connectivity index (χ0n) is 13.4. The van der Waals surface area contributed by atoms with Crippen LogP contribution in [0.1, 0.15) is 21.5 Å². The Morgan fingerprint density at radius 1 is 0.833 bits per heavy atom. The highest BCUT2D eigenvalue weighted by molar-refractivity contribution is 5.92. The lowest BCUT2D eigenvalue weighted by molar-refractivity contribution is 0.0734. The van der Waals surface area contributed by atoms with Crippen LogP contribution >= 0.6 is 0 Å². The summed E-state index contributed by atoms with van der Waals surface area (Å²) in [5, 5.41) is 0. The Kier molecular flexibility index (Phi) is 4.92. The number of hydrogen-bond donors (Lipinski definition) is 0. The van der Waals surface area contributed by atoms with Crippen LogP contribution in [0.4, 0.5) is 0 Å². The third kappa shape index (κ3) is 4.02. The lowest BCUT2D eigenvalue weighted by atomic mass is 10.1. The highest BCUT2D eigenvalue weighted by Gasteiger charge is 2.12. The number of hydrogen-bond acceptors (Lipinski definition) is 3. The molecule has 0 radical (unpaired) electrons. The number of carbonyl (C=O) groups excluding carboxylic acids is 1. The summed E-state index contributed by atoms with van der Waals surface area (Å²) in [6, 6.07) is 24.4. The minimum atomic E-state index is -0.367. The topological polar surface area (TPSA) is 35.5 Å². The van der Waals surface area contributed by atoms with E-state index >= 15 is 0 Å². The van der Waals surface area contributed by atoms with Gasteiger partial charge in [-0.2, -0.15) is 0 Å². The van der Waals surface area contributed by atoms with Gasteiger partial charge < -0.3 is 9.47 Å². The van der Waals surface area contributed by atoms with Gasteiger partial charge in [0, 0.05) is 0 Å². The molecule has 3 aromatic rings. The Morgan fingerprint density at radius 3 is 2.17 bits per heavy atom. The molecule has 0 N–H and O–H groups in total. The number of rotatable bonds is 5. The van der Waals surface area contributed by atoms with Crippen molar-refractivity contribution in [2.45, 2.75) is 13.5 Å². The predicted molar refractivity (Wildman–Crippen MR) is 93.4 cm³/mol. The molecule has 0 amide bonds. The van der Waals surface area contributed by atoms with Crippen LogP contribution in [0, 0.1) is 6.92 Å². The van der Waals surface area contributed by atoms with Gasteiger partial charge in [-0.25, -0.2) is 4.79 Å². The molecule has 0 spiro atoms. The van der Waals surface area contributed by atoms with Crippen LogP contribution in [0.25, 0.3) is 0 Å². The van der Waals surface area contributed by atoms with Gasteiger partial charge >= 0.3 is 5.97 Å². The molecule has 0 aliphatic heterocycles. The van der Waals surface area contributed by atoms with E-state index in [0.29, 0.717) is 17.9 Å². The molecule has 3 nitrogen and oxygen atoms in total. The predicted octanol–water partition coefficient (Wildman–Crippen LogP) is 4.79. The van der Waals surface area contributed by atoms with E-state index in [1.807, 2.05) is 61.5 Å². The molecule has 0 fully saturated rings. The Morgan fingerprint density at radius 2 is 1.50 bits per heavy atom. The molecule has 3 rings (SSSR count). The summed E-state index contributed by atoms with van der Waals surface area (Å²) in [7, 11) is 0.